The SMILES string of the molecule is COc1ccc(C(C)NC(=O)Nc2cc(C)on2)cc1OC. The molecule has 2 amide bonds. The molecular formula is C15H19N3O4. The van der Waals surface area contributed by atoms with Crippen molar-refractivity contribution in [1.82, 2.24) is 10.5 Å². The fraction of sp³-hybridized carbons (Fsp3) is 0.333. The van der Waals surface area contributed by atoms with E-state index in [1.807, 2.05) is 19.1 Å². The molecule has 0 aliphatic rings. The molecule has 1 heterocycles. The number of nitrogens with one attached hydrogen (secondary N) is 2. The third kappa shape index (κ3) is 3.69. The second-order valence-electron chi connectivity index (χ2n) is 4.76. The van der Waals surface area contributed by atoms with Crippen molar-refractivity contribution in [2.75, 3.05) is 19.5 Å². The van der Waals surface area contributed by atoms with Gasteiger partial charge in [-0.15, -0.1) is 0 Å². The predicted octanol–water partition coefficient (Wildman–Crippen LogP) is 2.88. The van der Waals surface area contributed by atoms with Crippen molar-refractivity contribution in [3.8, 4) is 11.5 Å². The first-order chi connectivity index (χ1) is 10.5. The molecule has 118 valence electrons. The van der Waals surface area contributed by atoms with E-state index in [0.717, 1.165) is 5.56 Å². The largest absolute Gasteiger partial charge is 0.493 e. The molecule has 1 atom stereocenters. The van der Waals surface area contributed by atoms with Gasteiger partial charge < -0.3 is 19.3 Å². The number of anilines is 1. The summed E-state index contributed by atoms with van der Waals surface area (Å²) in [7, 11) is 3.14. The van der Waals surface area contributed by atoms with E-state index in [-0.39, 0.29) is 12.1 Å². The topological polar surface area (TPSA) is 85.6 Å². The predicted molar refractivity (Wildman–Crippen MR) is 81.4 cm³/mol. The molecule has 0 fully saturated rings. The van der Waals surface area contributed by atoms with Crippen molar-refractivity contribution < 1.29 is 18.8 Å². The Bertz CT molecular complexity index is 654. The highest BCUT2D eigenvalue weighted by atomic mass is 16.5. The molecule has 1 unspecified atom stereocenters. The zero-order valence-electron chi connectivity index (χ0n) is 13.0. The maximum Gasteiger partial charge on any atom is 0.320 e. The fourth-order valence-electron chi connectivity index (χ4n) is 1.98. The van der Waals surface area contributed by atoms with Gasteiger partial charge in [0.15, 0.2) is 17.3 Å². The van der Waals surface area contributed by atoms with Crippen LogP contribution in [0.25, 0.3) is 0 Å². The molecule has 0 saturated heterocycles. The molecule has 2 aromatic rings. The lowest BCUT2D eigenvalue weighted by molar-refractivity contribution is 0.249. The Morgan fingerprint density at radius 3 is 2.55 bits per heavy atom. The number of hydrogen-bond donors (Lipinski definition) is 2. The van der Waals surface area contributed by atoms with Gasteiger partial charge >= 0.3 is 6.03 Å². The maximum absolute atomic E-state index is 11.9. The second-order valence-corrected chi connectivity index (χ2v) is 4.76. The minimum Gasteiger partial charge on any atom is -0.493 e. The van der Waals surface area contributed by atoms with Crippen molar-refractivity contribution >= 4 is 11.8 Å². The van der Waals surface area contributed by atoms with Gasteiger partial charge in [0.2, 0.25) is 0 Å². The Hall–Kier alpha value is -2.70. The van der Waals surface area contributed by atoms with E-state index >= 15 is 0 Å². The molecule has 2 rings (SSSR count). The van der Waals surface area contributed by atoms with Crippen LogP contribution in [0, 0.1) is 6.92 Å². The highest BCUT2D eigenvalue weighted by Gasteiger charge is 2.13. The number of nitrogens with zero attached hydrogens (tertiary/aromatic N) is 1. The van der Waals surface area contributed by atoms with Crippen LogP contribution in [0.3, 0.4) is 0 Å². The summed E-state index contributed by atoms with van der Waals surface area (Å²) >= 11 is 0. The number of hydrogen-bond acceptors (Lipinski definition) is 5. The van der Waals surface area contributed by atoms with Crippen molar-refractivity contribution in [2.24, 2.45) is 0 Å². The lowest BCUT2D eigenvalue weighted by Crippen LogP contribution is -2.31. The van der Waals surface area contributed by atoms with E-state index in [2.05, 4.69) is 15.8 Å². The molecule has 0 aliphatic heterocycles. The molecule has 22 heavy (non-hydrogen) atoms. The highest BCUT2D eigenvalue weighted by molar-refractivity contribution is 5.88. The fourth-order valence-corrected chi connectivity index (χ4v) is 1.98. The van der Waals surface area contributed by atoms with Crippen LogP contribution >= 0.6 is 0 Å². The monoisotopic (exact) mass is 305 g/mol. The summed E-state index contributed by atoms with van der Waals surface area (Å²) in [6.45, 7) is 3.62. The van der Waals surface area contributed by atoms with Crippen LogP contribution in [0.2, 0.25) is 0 Å². The molecule has 1 aromatic carbocycles. The van der Waals surface area contributed by atoms with Gasteiger partial charge in [0.05, 0.1) is 20.3 Å². The number of urea groups is 1. The van der Waals surface area contributed by atoms with E-state index in [1.54, 1.807) is 33.3 Å². The standard InChI is InChI=1S/C15H19N3O4/c1-9-7-14(18-22-9)17-15(19)16-10(2)11-5-6-12(20-3)13(8-11)21-4/h5-8,10H,1-4H3,(H2,16,17,18,19). The van der Waals surface area contributed by atoms with Gasteiger partial charge in [0.25, 0.3) is 0 Å². The van der Waals surface area contributed by atoms with Crippen LogP contribution in [0.5, 0.6) is 11.5 Å². The molecule has 0 aliphatic carbocycles. The molecule has 2 N–H and O–H groups in total. The smallest absolute Gasteiger partial charge is 0.320 e. The number of aromatic nitrogens is 1. The quantitative estimate of drug-likeness (QED) is 0.887. The number of rotatable bonds is 5. The summed E-state index contributed by atoms with van der Waals surface area (Å²) in [6.07, 6.45) is 0. The highest BCUT2D eigenvalue weighted by Crippen LogP contribution is 2.29. The van der Waals surface area contributed by atoms with E-state index in [0.29, 0.717) is 23.1 Å². The molecule has 7 heteroatoms. The van der Waals surface area contributed by atoms with Crippen LogP contribution in [-0.4, -0.2) is 25.4 Å². The summed E-state index contributed by atoms with van der Waals surface area (Å²) in [5.74, 6) is 2.25. The van der Waals surface area contributed by atoms with Gasteiger partial charge in [-0.3, -0.25) is 5.32 Å². The molecule has 1 aromatic heterocycles. The van der Waals surface area contributed by atoms with Gasteiger partial charge in [0.1, 0.15) is 5.76 Å². The van der Waals surface area contributed by atoms with Gasteiger partial charge in [-0.1, -0.05) is 11.2 Å². The van der Waals surface area contributed by atoms with Gasteiger partial charge in [-0.05, 0) is 31.5 Å². The van der Waals surface area contributed by atoms with Crippen LogP contribution < -0.4 is 20.1 Å². The van der Waals surface area contributed by atoms with Crippen molar-refractivity contribution in [3.63, 3.8) is 0 Å². The van der Waals surface area contributed by atoms with Gasteiger partial charge in [0, 0.05) is 6.07 Å². The first kappa shape index (κ1) is 15.7. The zero-order valence-corrected chi connectivity index (χ0v) is 13.0. The lowest BCUT2D eigenvalue weighted by atomic mass is 10.1. The van der Waals surface area contributed by atoms with E-state index in [9.17, 15) is 4.79 Å². The molecule has 0 bridgehead atoms. The minimum absolute atomic E-state index is 0.215. The molecular weight excluding hydrogens is 286 g/mol. The minimum atomic E-state index is -0.365. The number of methoxy groups -OCH3 is 2. The molecule has 0 saturated carbocycles. The Morgan fingerprint density at radius 2 is 1.95 bits per heavy atom. The average molecular weight is 305 g/mol. The number of ether oxygens (including phenoxy) is 2. The Labute approximate surface area is 128 Å². The lowest BCUT2D eigenvalue weighted by Gasteiger charge is -2.16. The Kier molecular flexibility index (Phi) is 4.88. The van der Waals surface area contributed by atoms with Crippen molar-refractivity contribution in [1.29, 1.82) is 0 Å². The Morgan fingerprint density at radius 1 is 1.23 bits per heavy atom. The van der Waals surface area contributed by atoms with Crippen LogP contribution in [0.15, 0.2) is 28.8 Å². The number of aryl methyl sites for hydroxylation is 1. The third-order valence-electron chi connectivity index (χ3n) is 3.12. The van der Waals surface area contributed by atoms with Crippen molar-refractivity contribution in [3.05, 3.63) is 35.6 Å². The molecule has 0 radical (unpaired) electrons. The second kappa shape index (κ2) is 6.84. The molecule has 0 spiro atoms. The number of carbonyl (C=O) groups is 1. The summed E-state index contributed by atoms with van der Waals surface area (Å²) in [6, 6.07) is 6.55. The summed E-state index contributed by atoms with van der Waals surface area (Å²) in [4.78, 5) is 11.9. The number of benzene rings is 1. The van der Waals surface area contributed by atoms with E-state index < -0.39 is 0 Å². The van der Waals surface area contributed by atoms with Crippen molar-refractivity contribution in [2.45, 2.75) is 19.9 Å². The van der Waals surface area contributed by atoms with Crippen LogP contribution in [0.1, 0.15) is 24.3 Å². The number of carbonyl (C=O) groups excluding carboxylic acids is 1. The molecule has 7 nitrogen and oxygen atoms in total. The summed E-state index contributed by atoms with van der Waals surface area (Å²) in [5.41, 5.74) is 0.893. The first-order valence-electron chi connectivity index (χ1n) is 6.76. The first-order valence-corrected chi connectivity index (χ1v) is 6.76. The van der Waals surface area contributed by atoms with Crippen LogP contribution in [0.4, 0.5) is 10.6 Å². The average Bonchev–Trinajstić information content (AvgIpc) is 2.91. The van der Waals surface area contributed by atoms with E-state index in [1.165, 1.54) is 0 Å². The normalized spacial score (nSPS) is 11.6. The third-order valence-corrected chi connectivity index (χ3v) is 3.12. The maximum atomic E-state index is 11.9. The number of amides is 2. The van der Waals surface area contributed by atoms with E-state index in [4.69, 9.17) is 14.0 Å². The summed E-state index contributed by atoms with van der Waals surface area (Å²) < 4.78 is 15.3. The Balaban J connectivity index is 2.02. The zero-order chi connectivity index (χ0) is 16.1. The summed E-state index contributed by atoms with van der Waals surface area (Å²) in [5, 5.41) is 9.12. The van der Waals surface area contributed by atoms with Gasteiger partial charge in [-0.2, -0.15) is 0 Å². The van der Waals surface area contributed by atoms with Gasteiger partial charge in [-0.25, -0.2) is 4.79 Å². The van der Waals surface area contributed by atoms with Crippen LogP contribution in [-0.2, 0) is 0 Å².